The van der Waals surface area contributed by atoms with Gasteiger partial charge in [-0.25, -0.2) is 0 Å². The minimum Gasteiger partial charge on any atom is -0.497 e. The van der Waals surface area contributed by atoms with Crippen molar-refractivity contribution < 1.29 is 14.3 Å². The first-order valence-electron chi connectivity index (χ1n) is 6.10. The van der Waals surface area contributed by atoms with Gasteiger partial charge < -0.3 is 10.1 Å². The van der Waals surface area contributed by atoms with Gasteiger partial charge in [-0.05, 0) is 35.6 Å². The highest BCUT2D eigenvalue weighted by atomic mass is 32.1. The zero-order valence-electron chi connectivity index (χ0n) is 11.3. The number of nitrogens with one attached hydrogen (secondary N) is 1. The molecule has 0 aliphatic rings. The number of hydrogen-bond donors (Lipinski definition) is 1. The van der Waals surface area contributed by atoms with Gasteiger partial charge in [0, 0.05) is 6.54 Å². The quantitative estimate of drug-likeness (QED) is 0.861. The first-order chi connectivity index (χ1) is 9.65. The molecule has 1 amide bonds. The molecule has 5 heteroatoms. The fraction of sp³-hybridized carbons (Fsp3) is 0.200. The highest BCUT2D eigenvalue weighted by Crippen LogP contribution is 2.20. The molecule has 4 nitrogen and oxygen atoms in total. The Morgan fingerprint density at radius 2 is 2.05 bits per heavy atom. The van der Waals surface area contributed by atoms with Gasteiger partial charge in [0.1, 0.15) is 5.75 Å². The molecule has 0 aliphatic heterocycles. The number of thiophene rings is 1. The fourth-order valence-corrected chi connectivity index (χ4v) is 2.70. The summed E-state index contributed by atoms with van der Waals surface area (Å²) < 4.78 is 5.07. The number of carbonyl (C=O) groups is 2. The van der Waals surface area contributed by atoms with Gasteiger partial charge in [0.25, 0.3) is 5.91 Å². The van der Waals surface area contributed by atoms with E-state index in [2.05, 4.69) is 5.32 Å². The van der Waals surface area contributed by atoms with Gasteiger partial charge in [0.15, 0.2) is 6.29 Å². The van der Waals surface area contributed by atoms with Crippen molar-refractivity contribution in [3.05, 3.63) is 51.2 Å². The zero-order valence-corrected chi connectivity index (χ0v) is 12.1. The summed E-state index contributed by atoms with van der Waals surface area (Å²) in [6.45, 7) is 2.24. The lowest BCUT2D eigenvalue weighted by Gasteiger charge is -2.07. The molecule has 2 rings (SSSR count). The predicted molar refractivity (Wildman–Crippen MR) is 78.6 cm³/mol. The Bertz CT molecular complexity index is 617. The molecule has 0 unspecified atom stereocenters. The van der Waals surface area contributed by atoms with E-state index in [9.17, 15) is 9.59 Å². The smallest absolute Gasteiger partial charge is 0.253 e. The summed E-state index contributed by atoms with van der Waals surface area (Å²) in [6, 6.07) is 7.46. The maximum absolute atomic E-state index is 12.1. The van der Waals surface area contributed by atoms with Crippen molar-refractivity contribution in [3.63, 3.8) is 0 Å². The average Bonchev–Trinajstić information content (AvgIpc) is 2.86. The van der Waals surface area contributed by atoms with Crippen molar-refractivity contribution in [1.29, 1.82) is 0 Å². The van der Waals surface area contributed by atoms with Gasteiger partial charge in [-0.2, -0.15) is 0 Å². The van der Waals surface area contributed by atoms with Crippen LogP contribution in [0.2, 0.25) is 0 Å². The normalized spacial score (nSPS) is 10.1. The first kappa shape index (κ1) is 14.3. The van der Waals surface area contributed by atoms with Crippen molar-refractivity contribution in [1.82, 2.24) is 5.32 Å². The lowest BCUT2D eigenvalue weighted by Crippen LogP contribution is -2.23. The molecule has 0 bridgehead atoms. The summed E-state index contributed by atoms with van der Waals surface area (Å²) in [5, 5.41) is 4.63. The van der Waals surface area contributed by atoms with Crippen molar-refractivity contribution >= 4 is 23.5 Å². The number of ether oxygens (including phenoxy) is 1. The summed E-state index contributed by atoms with van der Waals surface area (Å²) in [5.74, 6) is 0.554. The van der Waals surface area contributed by atoms with Crippen LogP contribution >= 0.6 is 11.3 Å². The summed E-state index contributed by atoms with van der Waals surface area (Å²) >= 11 is 1.29. The van der Waals surface area contributed by atoms with E-state index < -0.39 is 0 Å². The molecule has 0 aliphatic carbocycles. The molecule has 0 saturated carbocycles. The number of aryl methyl sites for hydroxylation is 1. The highest BCUT2D eigenvalue weighted by molar-refractivity contribution is 7.12. The topological polar surface area (TPSA) is 55.4 Å². The Morgan fingerprint density at radius 3 is 2.65 bits per heavy atom. The maximum atomic E-state index is 12.1. The maximum Gasteiger partial charge on any atom is 0.253 e. The third-order valence-electron chi connectivity index (χ3n) is 2.95. The average molecular weight is 289 g/mol. The molecular weight excluding hydrogens is 274 g/mol. The van der Waals surface area contributed by atoms with Crippen LogP contribution in [0, 0.1) is 6.92 Å². The van der Waals surface area contributed by atoms with E-state index in [0.717, 1.165) is 23.2 Å². The molecule has 1 heterocycles. The van der Waals surface area contributed by atoms with E-state index >= 15 is 0 Å². The Balaban J connectivity index is 2.04. The van der Waals surface area contributed by atoms with Crippen LogP contribution in [0.25, 0.3) is 0 Å². The van der Waals surface area contributed by atoms with Crippen LogP contribution in [-0.4, -0.2) is 19.3 Å². The van der Waals surface area contributed by atoms with Crippen molar-refractivity contribution in [2.24, 2.45) is 0 Å². The van der Waals surface area contributed by atoms with Crippen LogP contribution in [0.15, 0.2) is 29.6 Å². The van der Waals surface area contributed by atoms with Crippen LogP contribution in [0.1, 0.15) is 31.2 Å². The highest BCUT2D eigenvalue weighted by Gasteiger charge is 2.15. The summed E-state index contributed by atoms with van der Waals surface area (Å²) in [5.41, 5.74) is 2.27. The van der Waals surface area contributed by atoms with Crippen LogP contribution < -0.4 is 10.1 Å². The standard InChI is InChI=1S/C15H15NO3S/c1-10-9-20-13(8-17)14(10)15(18)16-7-11-3-5-12(19-2)6-4-11/h3-6,8-9H,7H2,1-2H3,(H,16,18). The summed E-state index contributed by atoms with van der Waals surface area (Å²) in [7, 11) is 1.61. The van der Waals surface area contributed by atoms with E-state index in [1.807, 2.05) is 36.6 Å². The van der Waals surface area contributed by atoms with Gasteiger partial charge in [-0.3, -0.25) is 9.59 Å². The Kier molecular flexibility index (Phi) is 4.53. The van der Waals surface area contributed by atoms with E-state index in [1.54, 1.807) is 7.11 Å². The number of hydrogen-bond acceptors (Lipinski definition) is 4. The second-order valence-corrected chi connectivity index (χ2v) is 5.22. The number of benzene rings is 1. The number of carbonyl (C=O) groups excluding carboxylic acids is 2. The van der Waals surface area contributed by atoms with E-state index in [0.29, 0.717) is 17.0 Å². The molecule has 1 aromatic heterocycles. The Hall–Kier alpha value is -2.14. The van der Waals surface area contributed by atoms with Gasteiger partial charge in [0.05, 0.1) is 17.6 Å². The SMILES string of the molecule is COc1ccc(CNC(=O)c2c(C)csc2C=O)cc1. The van der Waals surface area contributed by atoms with Gasteiger partial charge in [-0.15, -0.1) is 11.3 Å². The van der Waals surface area contributed by atoms with Gasteiger partial charge >= 0.3 is 0 Å². The number of rotatable bonds is 5. The lowest BCUT2D eigenvalue weighted by atomic mass is 10.1. The lowest BCUT2D eigenvalue weighted by molar-refractivity contribution is 0.0946. The Morgan fingerprint density at radius 1 is 1.35 bits per heavy atom. The molecule has 104 valence electrons. The van der Waals surface area contributed by atoms with Crippen LogP contribution in [0.5, 0.6) is 5.75 Å². The molecule has 2 aromatic rings. The number of methoxy groups -OCH3 is 1. The van der Waals surface area contributed by atoms with Crippen molar-refractivity contribution in [2.45, 2.75) is 13.5 Å². The van der Waals surface area contributed by atoms with Crippen LogP contribution in [0.3, 0.4) is 0 Å². The van der Waals surface area contributed by atoms with Crippen LogP contribution in [0.4, 0.5) is 0 Å². The van der Waals surface area contributed by atoms with E-state index in [4.69, 9.17) is 4.74 Å². The molecule has 0 saturated heterocycles. The predicted octanol–water partition coefficient (Wildman–Crippen LogP) is 2.81. The second kappa shape index (κ2) is 6.34. The van der Waals surface area contributed by atoms with E-state index in [-0.39, 0.29) is 5.91 Å². The Labute approximate surface area is 121 Å². The molecule has 0 spiro atoms. The summed E-state index contributed by atoms with van der Waals surface area (Å²) in [4.78, 5) is 23.5. The van der Waals surface area contributed by atoms with E-state index in [1.165, 1.54) is 11.3 Å². The third kappa shape index (κ3) is 3.05. The molecule has 1 aromatic carbocycles. The third-order valence-corrected chi connectivity index (χ3v) is 3.98. The fourth-order valence-electron chi connectivity index (χ4n) is 1.86. The van der Waals surface area contributed by atoms with Crippen LogP contribution in [-0.2, 0) is 6.54 Å². The van der Waals surface area contributed by atoms with Gasteiger partial charge in [-0.1, -0.05) is 12.1 Å². The molecule has 0 radical (unpaired) electrons. The van der Waals surface area contributed by atoms with Gasteiger partial charge in [0.2, 0.25) is 0 Å². The van der Waals surface area contributed by atoms with Crippen molar-refractivity contribution in [3.8, 4) is 5.75 Å². The molecular formula is C15H15NO3S. The second-order valence-electron chi connectivity index (χ2n) is 4.31. The summed E-state index contributed by atoms with van der Waals surface area (Å²) in [6.07, 6.45) is 0.722. The number of amides is 1. The number of aldehydes is 1. The zero-order chi connectivity index (χ0) is 14.5. The largest absolute Gasteiger partial charge is 0.497 e. The molecule has 20 heavy (non-hydrogen) atoms. The first-order valence-corrected chi connectivity index (χ1v) is 6.98. The molecule has 0 fully saturated rings. The minimum absolute atomic E-state index is 0.221. The molecule has 0 atom stereocenters. The van der Waals surface area contributed by atoms with Crippen molar-refractivity contribution in [2.75, 3.05) is 7.11 Å². The minimum atomic E-state index is -0.221. The molecule has 1 N–H and O–H groups in total. The monoisotopic (exact) mass is 289 g/mol.